The van der Waals surface area contributed by atoms with Crippen molar-refractivity contribution in [2.75, 3.05) is 10.8 Å². The molecule has 4 rings (SSSR count). The highest BCUT2D eigenvalue weighted by Crippen LogP contribution is 2.29. The molecule has 1 N–H and O–H groups in total. The first-order valence-corrected chi connectivity index (χ1v) is 16.9. The Morgan fingerprint density at radius 2 is 1.71 bits per heavy atom. The van der Waals surface area contributed by atoms with Gasteiger partial charge in [-0.15, -0.1) is 0 Å². The molecule has 3 aromatic rings. The molecule has 1 fully saturated rings. The molecule has 3 aromatic carbocycles. The average Bonchev–Trinajstić information content (AvgIpc) is 3.45. The SMILES string of the molecule is CCC(C(=O)NC1CCCC1)N(Cc1ccc(Cl)cc1Cl)C(=O)CN(c1cccc(Br)c1)S(=O)(=O)c1ccc(C)cc1. The van der Waals surface area contributed by atoms with Gasteiger partial charge in [-0.2, -0.15) is 0 Å². The Hall–Kier alpha value is -2.59. The van der Waals surface area contributed by atoms with E-state index in [-0.39, 0.29) is 23.4 Å². The second kappa shape index (κ2) is 14.3. The van der Waals surface area contributed by atoms with Crippen LogP contribution in [0.4, 0.5) is 5.69 Å². The number of amides is 2. The van der Waals surface area contributed by atoms with Crippen molar-refractivity contribution in [1.29, 1.82) is 0 Å². The van der Waals surface area contributed by atoms with Gasteiger partial charge in [0.2, 0.25) is 11.8 Å². The fraction of sp³-hybridized carbons (Fsp3) is 0.355. The number of benzene rings is 3. The smallest absolute Gasteiger partial charge is 0.264 e. The lowest BCUT2D eigenvalue weighted by atomic mass is 10.1. The van der Waals surface area contributed by atoms with E-state index in [0.717, 1.165) is 35.6 Å². The molecule has 0 radical (unpaired) electrons. The third-order valence-electron chi connectivity index (χ3n) is 7.43. The summed E-state index contributed by atoms with van der Waals surface area (Å²) in [5.41, 5.74) is 1.81. The van der Waals surface area contributed by atoms with Crippen LogP contribution in [0.3, 0.4) is 0 Å². The van der Waals surface area contributed by atoms with Gasteiger partial charge in [0.25, 0.3) is 10.0 Å². The molecular formula is C31H34BrCl2N3O4S. The maximum absolute atomic E-state index is 14.2. The molecule has 1 aliphatic carbocycles. The zero-order valence-corrected chi connectivity index (χ0v) is 27.4. The molecular weight excluding hydrogens is 661 g/mol. The fourth-order valence-corrected chi connectivity index (χ4v) is 7.38. The fourth-order valence-electron chi connectivity index (χ4n) is 5.12. The van der Waals surface area contributed by atoms with E-state index < -0.39 is 28.5 Å². The number of nitrogens with one attached hydrogen (secondary N) is 1. The van der Waals surface area contributed by atoms with Gasteiger partial charge in [-0.3, -0.25) is 13.9 Å². The molecule has 42 heavy (non-hydrogen) atoms. The minimum absolute atomic E-state index is 0.00231. The van der Waals surface area contributed by atoms with Crippen molar-refractivity contribution in [1.82, 2.24) is 10.2 Å². The van der Waals surface area contributed by atoms with Crippen molar-refractivity contribution >= 4 is 66.7 Å². The van der Waals surface area contributed by atoms with Gasteiger partial charge in [0.15, 0.2) is 0 Å². The first-order chi connectivity index (χ1) is 20.0. The largest absolute Gasteiger partial charge is 0.352 e. The third-order valence-corrected chi connectivity index (χ3v) is 10.3. The van der Waals surface area contributed by atoms with Crippen molar-refractivity contribution in [3.05, 3.63) is 92.4 Å². The molecule has 0 heterocycles. The number of hydrogen-bond donors (Lipinski definition) is 1. The van der Waals surface area contributed by atoms with E-state index in [2.05, 4.69) is 21.2 Å². The van der Waals surface area contributed by atoms with Gasteiger partial charge in [0, 0.05) is 27.1 Å². The molecule has 1 aliphatic rings. The molecule has 1 saturated carbocycles. The Morgan fingerprint density at radius 1 is 1.02 bits per heavy atom. The Morgan fingerprint density at radius 3 is 2.33 bits per heavy atom. The van der Waals surface area contributed by atoms with Crippen LogP contribution in [0.2, 0.25) is 10.0 Å². The first kappa shape index (κ1) is 32.3. The van der Waals surface area contributed by atoms with Crippen LogP contribution in [0.1, 0.15) is 50.2 Å². The standard InChI is InChI=1S/C31H34BrCl2N3O4S/c1-3-29(31(39)35-25-8-4-5-9-25)36(19-22-13-14-24(33)18-28(22)34)30(38)20-37(26-10-6-7-23(32)17-26)42(40,41)27-15-11-21(2)12-16-27/h6-7,10-18,25,29H,3-5,8-9,19-20H2,1-2H3,(H,35,39). The van der Waals surface area contributed by atoms with Crippen LogP contribution in [-0.4, -0.2) is 43.8 Å². The summed E-state index contributed by atoms with van der Waals surface area (Å²) < 4.78 is 29.7. The van der Waals surface area contributed by atoms with E-state index in [4.69, 9.17) is 23.2 Å². The normalized spacial score (nSPS) is 14.4. The van der Waals surface area contributed by atoms with Gasteiger partial charge in [-0.25, -0.2) is 8.42 Å². The summed E-state index contributed by atoms with van der Waals surface area (Å²) in [7, 11) is -4.15. The molecule has 0 bridgehead atoms. The highest BCUT2D eigenvalue weighted by atomic mass is 79.9. The third kappa shape index (κ3) is 7.86. The quantitative estimate of drug-likeness (QED) is 0.232. The summed E-state index contributed by atoms with van der Waals surface area (Å²) in [5.74, 6) is -0.802. The molecule has 224 valence electrons. The van der Waals surface area contributed by atoms with Gasteiger partial charge < -0.3 is 10.2 Å². The Bertz CT molecular complexity index is 1530. The molecule has 0 aliphatic heterocycles. The lowest BCUT2D eigenvalue weighted by molar-refractivity contribution is -0.140. The molecule has 7 nitrogen and oxygen atoms in total. The second-order valence-corrected chi connectivity index (χ2v) is 14.1. The van der Waals surface area contributed by atoms with Crippen LogP contribution in [0, 0.1) is 6.92 Å². The second-order valence-electron chi connectivity index (χ2n) is 10.5. The zero-order valence-electron chi connectivity index (χ0n) is 23.5. The minimum Gasteiger partial charge on any atom is -0.352 e. The Balaban J connectivity index is 1.73. The predicted molar refractivity (Wildman–Crippen MR) is 171 cm³/mol. The first-order valence-electron chi connectivity index (χ1n) is 13.9. The Labute approximate surface area is 266 Å². The molecule has 11 heteroatoms. The summed E-state index contributed by atoms with van der Waals surface area (Å²) in [6.07, 6.45) is 4.21. The van der Waals surface area contributed by atoms with Gasteiger partial charge in [0.05, 0.1) is 10.6 Å². The maximum atomic E-state index is 14.2. The molecule has 2 amide bonds. The summed E-state index contributed by atoms with van der Waals surface area (Å²) in [6.45, 7) is 3.18. The monoisotopic (exact) mass is 693 g/mol. The molecule has 1 unspecified atom stereocenters. The lowest BCUT2D eigenvalue weighted by Crippen LogP contribution is -2.53. The minimum atomic E-state index is -4.15. The number of nitrogens with zero attached hydrogens (tertiary/aromatic N) is 2. The van der Waals surface area contributed by atoms with Crippen LogP contribution in [-0.2, 0) is 26.2 Å². The van der Waals surface area contributed by atoms with Crippen molar-refractivity contribution in [2.45, 2.75) is 69.5 Å². The number of anilines is 1. The summed E-state index contributed by atoms with van der Waals surface area (Å²) in [6, 6.07) is 17.4. The number of hydrogen-bond acceptors (Lipinski definition) is 4. The molecule has 1 atom stereocenters. The van der Waals surface area contributed by atoms with E-state index in [0.29, 0.717) is 32.2 Å². The Kier molecular flexibility index (Phi) is 11.0. The van der Waals surface area contributed by atoms with Gasteiger partial charge >= 0.3 is 0 Å². The number of aryl methyl sites for hydroxylation is 1. The van der Waals surface area contributed by atoms with Crippen LogP contribution in [0.25, 0.3) is 0 Å². The number of carbonyl (C=O) groups is 2. The molecule has 0 aromatic heterocycles. The van der Waals surface area contributed by atoms with E-state index in [1.807, 2.05) is 13.8 Å². The van der Waals surface area contributed by atoms with E-state index in [1.165, 1.54) is 17.0 Å². The maximum Gasteiger partial charge on any atom is 0.264 e. The van der Waals surface area contributed by atoms with Crippen molar-refractivity contribution < 1.29 is 18.0 Å². The van der Waals surface area contributed by atoms with Gasteiger partial charge in [-0.1, -0.05) is 88.7 Å². The number of rotatable bonds is 11. The van der Waals surface area contributed by atoms with Crippen molar-refractivity contribution in [3.63, 3.8) is 0 Å². The molecule has 0 spiro atoms. The average molecular weight is 696 g/mol. The van der Waals surface area contributed by atoms with E-state index in [1.54, 1.807) is 54.6 Å². The predicted octanol–water partition coefficient (Wildman–Crippen LogP) is 7.13. The topological polar surface area (TPSA) is 86.8 Å². The highest BCUT2D eigenvalue weighted by molar-refractivity contribution is 9.10. The van der Waals surface area contributed by atoms with Crippen LogP contribution in [0.5, 0.6) is 0 Å². The lowest BCUT2D eigenvalue weighted by Gasteiger charge is -2.34. The number of halogens is 3. The van der Waals surface area contributed by atoms with Crippen molar-refractivity contribution in [2.24, 2.45) is 0 Å². The number of carbonyl (C=O) groups excluding carboxylic acids is 2. The van der Waals surface area contributed by atoms with Gasteiger partial charge in [-0.05, 0) is 74.2 Å². The van der Waals surface area contributed by atoms with Crippen LogP contribution < -0.4 is 9.62 Å². The van der Waals surface area contributed by atoms with E-state index >= 15 is 0 Å². The number of sulfonamides is 1. The molecule has 0 saturated heterocycles. The van der Waals surface area contributed by atoms with Gasteiger partial charge in [0.1, 0.15) is 12.6 Å². The van der Waals surface area contributed by atoms with E-state index in [9.17, 15) is 18.0 Å². The van der Waals surface area contributed by atoms with Crippen molar-refractivity contribution in [3.8, 4) is 0 Å². The zero-order chi connectivity index (χ0) is 30.4. The highest BCUT2D eigenvalue weighted by Gasteiger charge is 2.35. The summed E-state index contributed by atoms with van der Waals surface area (Å²) in [4.78, 5) is 29.3. The summed E-state index contributed by atoms with van der Waals surface area (Å²) >= 11 is 16.0. The van der Waals surface area contributed by atoms with Crippen LogP contribution >= 0.6 is 39.1 Å². The summed E-state index contributed by atoms with van der Waals surface area (Å²) in [5, 5.41) is 3.90. The van der Waals surface area contributed by atoms with Crippen LogP contribution in [0.15, 0.2) is 76.1 Å².